The number of carbonyl (C=O) groups excluding carboxylic acids is 1. The summed E-state index contributed by atoms with van der Waals surface area (Å²) in [6.45, 7) is 1.99. The Morgan fingerprint density at radius 1 is 1.00 bits per heavy atom. The number of aromatic nitrogens is 3. The van der Waals surface area contributed by atoms with E-state index in [2.05, 4.69) is 15.2 Å². The Hall–Kier alpha value is -3.91. The van der Waals surface area contributed by atoms with Gasteiger partial charge in [0.2, 0.25) is 23.2 Å². The summed E-state index contributed by atoms with van der Waals surface area (Å²) in [5, 5.41) is 9.04. The molecule has 8 heteroatoms. The lowest BCUT2D eigenvalue weighted by molar-refractivity contribution is -0.118. The first-order chi connectivity index (χ1) is 16.6. The molecule has 3 aromatic carbocycles. The molecule has 1 atom stereocenters. The highest BCUT2D eigenvalue weighted by atomic mass is 32.2. The van der Waals surface area contributed by atoms with E-state index in [-0.39, 0.29) is 5.91 Å². The first kappa shape index (κ1) is 21.9. The van der Waals surface area contributed by atoms with E-state index in [9.17, 15) is 4.79 Å². The smallest absolute Gasteiger partial charge is 0.247 e. The monoisotopic (exact) mass is 470 g/mol. The summed E-state index contributed by atoms with van der Waals surface area (Å²) in [5.41, 5.74) is 3.81. The van der Waals surface area contributed by atoms with Gasteiger partial charge in [-0.1, -0.05) is 60.3 Å². The van der Waals surface area contributed by atoms with Crippen LogP contribution in [-0.2, 0) is 11.4 Å². The molecule has 0 unspecified atom stereocenters. The summed E-state index contributed by atoms with van der Waals surface area (Å²) in [4.78, 5) is 19.0. The Kier molecular flexibility index (Phi) is 6.14. The zero-order chi connectivity index (χ0) is 23.5. The van der Waals surface area contributed by atoms with Crippen LogP contribution in [0.1, 0.15) is 24.3 Å². The third-order valence-corrected chi connectivity index (χ3v) is 5.99. The van der Waals surface area contributed by atoms with E-state index in [0.29, 0.717) is 29.0 Å². The molecule has 0 N–H and O–H groups in total. The second-order valence-corrected chi connectivity index (χ2v) is 8.45. The van der Waals surface area contributed by atoms with Crippen LogP contribution < -0.4 is 14.4 Å². The Labute approximate surface area is 201 Å². The van der Waals surface area contributed by atoms with Crippen molar-refractivity contribution in [3.8, 4) is 22.9 Å². The first-order valence-electron chi connectivity index (χ1n) is 10.8. The molecule has 0 spiro atoms. The van der Waals surface area contributed by atoms with Gasteiger partial charge in [0.15, 0.2) is 5.69 Å². The largest absolute Gasteiger partial charge is 0.489 e. The molecule has 0 saturated heterocycles. The van der Waals surface area contributed by atoms with Crippen molar-refractivity contribution in [3.63, 3.8) is 0 Å². The van der Waals surface area contributed by atoms with Gasteiger partial charge in [-0.25, -0.2) is 0 Å². The lowest BCUT2D eigenvalue weighted by atomic mass is 10.1. The Bertz CT molecular complexity index is 1320. The van der Waals surface area contributed by atoms with Crippen LogP contribution in [0.5, 0.6) is 11.6 Å². The molecule has 34 heavy (non-hydrogen) atoms. The van der Waals surface area contributed by atoms with Crippen LogP contribution >= 0.6 is 11.8 Å². The number of carbonyl (C=O) groups is 1. The fraction of sp³-hybridized carbons (Fsp3) is 0.154. The van der Waals surface area contributed by atoms with Crippen LogP contribution in [-0.4, -0.2) is 27.3 Å². The van der Waals surface area contributed by atoms with Gasteiger partial charge in [-0.05, 0) is 42.2 Å². The quantitative estimate of drug-likeness (QED) is 0.367. The molecule has 0 aliphatic carbocycles. The minimum absolute atomic E-state index is 0.160. The van der Waals surface area contributed by atoms with Gasteiger partial charge in [-0.2, -0.15) is 4.98 Å². The standard InChI is InChI=1S/C26H22N4O3S/c1-17(31)30-22-11-7-6-10-21(22)23-24(27-26(34-2)29-28-23)33-25(30)19-12-14-20(15-13-19)32-16-18-8-4-3-5-9-18/h3-15,25H,16H2,1-2H3/t25-/m1/s1. The number of nitrogens with zero attached hydrogens (tertiary/aromatic N) is 4. The van der Waals surface area contributed by atoms with Crippen molar-refractivity contribution in [3.05, 3.63) is 90.0 Å². The summed E-state index contributed by atoms with van der Waals surface area (Å²) >= 11 is 1.38. The minimum atomic E-state index is -0.727. The number of rotatable bonds is 5. The van der Waals surface area contributed by atoms with Crippen LogP contribution in [0.2, 0.25) is 0 Å². The van der Waals surface area contributed by atoms with Crippen LogP contribution in [0.3, 0.4) is 0 Å². The molecule has 0 saturated carbocycles. The Morgan fingerprint density at radius 2 is 1.74 bits per heavy atom. The molecule has 2 heterocycles. The van der Waals surface area contributed by atoms with E-state index in [1.807, 2.05) is 85.1 Å². The van der Waals surface area contributed by atoms with Gasteiger partial charge < -0.3 is 9.47 Å². The van der Waals surface area contributed by atoms with E-state index in [0.717, 1.165) is 22.4 Å². The van der Waals surface area contributed by atoms with E-state index in [1.165, 1.54) is 18.7 Å². The predicted molar refractivity (Wildman–Crippen MR) is 131 cm³/mol. The van der Waals surface area contributed by atoms with Crippen molar-refractivity contribution in [2.45, 2.75) is 24.9 Å². The number of thioether (sulfide) groups is 1. The number of fused-ring (bicyclic) bond motifs is 3. The molecular formula is C26H22N4O3S. The molecule has 4 aromatic rings. The Morgan fingerprint density at radius 3 is 2.47 bits per heavy atom. The van der Waals surface area contributed by atoms with Gasteiger partial charge in [-0.15, -0.1) is 10.2 Å². The number of benzene rings is 3. The maximum atomic E-state index is 12.9. The number of anilines is 1. The predicted octanol–water partition coefficient (Wildman–Crippen LogP) is 5.28. The topological polar surface area (TPSA) is 77.4 Å². The van der Waals surface area contributed by atoms with Crippen LogP contribution in [0, 0.1) is 0 Å². The third kappa shape index (κ3) is 4.32. The highest BCUT2D eigenvalue weighted by molar-refractivity contribution is 7.98. The van der Waals surface area contributed by atoms with Gasteiger partial charge in [0, 0.05) is 18.1 Å². The van der Waals surface area contributed by atoms with Crippen molar-refractivity contribution in [2.75, 3.05) is 11.2 Å². The summed E-state index contributed by atoms with van der Waals surface area (Å²) in [5.74, 6) is 0.905. The van der Waals surface area contributed by atoms with E-state index in [1.54, 1.807) is 4.90 Å². The fourth-order valence-corrected chi connectivity index (χ4v) is 4.12. The molecule has 5 rings (SSSR count). The highest BCUT2D eigenvalue weighted by Crippen LogP contribution is 2.43. The number of ether oxygens (including phenoxy) is 2. The van der Waals surface area contributed by atoms with Crippen molar-refractivity contribution in [1.82, 2.24) is 15.2 Å². The molecule has 1 aliphatic rings. The summed E-state index contributed by atoms with van der Waals surface area (Å²) in [6, 6.07) is 25.1. The molecule has 1 amide bonds. The number of para-hydroxylation sites is 1. The summed E-state index contributed by atoms with van der Waals surface area (Å²) in [6.07, 6.45) is 1.15. The lowest BCUT2D eigenvalue weighted by Gasteiger charge is -2.30. The average Bonchev–Trinajstić information content (AvgIpc) is 3.02. The van der Waals surface area contributed by atoms with Crippen molar-refractivity contribution in [2.24, 2.45) is 0 Å². The zero-order valence-corrected chi connectivity index (χ0v) is 19.5. The van der Waals surface area contributed by atoms with Gasteiger partial charge in [0.1, 0.15) is 12.4 Å². The normalized spacial score (nSPS) is 14.4. The first-order valence-corrected chi connectivity index (χ1v) is 12.0. The molecule has 7 nitrogen and oxygen atoms in total. The molecule has 0 bridgehead atoms. The van der Waals surface area contributed by atoms with Gasteiger partial charge in [-0.3, -0.25) is 9.69 Å². The molecule has 1 aliphatic heterocycles. The maximum absolute atomic E-state index is 12.9. The highest BCUT2D eigenvalue weighted by Gasteiger charge is 2.34. The molecule has 1 aromatic heterocycles. The van der Waals surface area contributed by atoms with Crippen LogP contribution in [0.25, 0.3) is 11.3 Å². The maximum Gasteiger partial charge on any atom is 0.247 e. The third-order valence-electron chi connectivity index (χ3n) is 5.45. The number of amides is 1. The van der Waals surface area contributed by atoms with Crippen LogP contribution in [0.15, 0.2) is 84.0 Å². The molecular weight excluding hydrogens is 448 g/mol. The lowest BCUT2D eigenvalue weighted by Crippen LogP contribution is -2.36. The SMILES string of the molecule is CSc1nnc2c(n1)O[C@H](c1ccc(OCc3ccccc3)cc1)N(C(C)=O)c1ccccc1-2. The van der Waals surface area contributed by atoms with Gasteiger partial charge >= 0.3 is 0 Å². The number of hydrogen-bond acceptors (Lipinski definition) is 7. The van der Waals surface area contributed by atoms with Crippen LogP contribution in [0.4, 0.5) is 5.69 Å². The van der Waals surface area contributed by atoms with E-state index < -0.39 is 6.23 Å². The van der Waals surface area contributed by atoms with Crippen molar-refractivity contribution in [1.29, 1.82) is 0 Å². The van der Waals surface area contributed by atoms with E-state index >= 15 is 0 Å². The zero-order valence-electron chi connectivity index (χ0n) is 18.7. The summed E-state index contributed by atoms with van der Waals surface area (Å²) < 4.78 is 12.3. The van der Waals surface area contributed by atoms with E-state index in [4.69, 9.17) is 9.47 Å². The fourth-order valence-electron chi connectivity index (χ4n) is 3.83. The summed E-state index contributed by atoms with van der Waals surface area (Å²) in [7, 11) is 0. The molecule has 170 valence electrons. The Balaban J connectivity index is 1.51. The second kappa shape index (κ2) is 9.52. The molecule has 0 fully saturated rings. The second-order valence-electron chi connectivity index (χ2n) is 7.67. The number of hydrogen-bond donors (Lipinski definition) is 0. The average molecular weight is 471 g/mol. The van der Waals surface area contributed by atoms with Crippen molar-refractivity contribution >= 4 is 23.4 Å². The van der Waals surface area contributed by atoms with Gasteiger partial charge in [0.25, 0.3) is 0 Å². The minimum Gasteiger partial charge on any atom is -0.489 e. The van der Waals surface area contributed by atoms with Gasteiger partial charge in [0.05, 0.1) is 5.69 Å². The molecule has 0 radical (unpaired) electrons. The van der Waals surface area contributed by atoms with Crippen molar-refractivity contribution < 1.29 is 14.3 Å².